The Morgan fingerprint density at radius 3 is 2.11 bits per heavy atom. The van der Waals surface area contributed by atoms with Crippen molar-refractivity contribution in [2.24, 2.45) is 0 Å². The molecule has 0 fully saturated rings. The summed E-state index contributed by atoms with van der Waals surface area (Å²) in [4.78, 5) is 15.3. The molecule has 47 heavy (non-hydrogen) atoms. The maximum Gasteiger partial charge on any atom is 0.221 e. The van der Waals surface area contributed by atoms with E-state index in [2.05, 4.69) is 118 Å². The van der Waals surface area contributed by atoms with Crippen LogP contribution < -0.4 is 0 Å². The average molecular weight is 602 g/mol. The van der Waals surface area contributed by atoms with Gasteiger partial charge in [-0.15, -0.1) is 0 Å². The third kappa shape index (κ3) is 3.36. The maximum atomic E-state index is 6.12. The van der Waals surface area contributed by atoms with E-state index in [1.165, 1.54) is 10.8 Å². The van der Waals surface area contributed by atoms with Gasteiger partial charge < -0.3 is 4.42 Å². The quantitative estimate of drug-likeness (QED) is 0.185. The van der Waals surface area contributed by atoms with E-state index in [1.54, 1.807) is 0 Å². The standard InChI is InChI=1S/C41H23N5O/c1-2-9-27-26(8-1)29-11-7-21-42-39(29)40-30(27)17-20-38(44-40)46-34-18-15-25(23-35(34)45-33-13-5-4-12-32(33)43-41(45)46)24-16-19-37-31(22-24)28-10-3-6-14-36(28)47-37/h1-23H. The summed E-state index contributed by atoms with van der Waals surface area (Å²) in [5.41, 5.74) is 9.90. The number of rotatable bonds is 2. The molecule has 6 heteroatoms. The Balaban J connectivity index is 1.20. The van der Waals surface area contributed by atoms with Gasteiger partial charge in [0.2, 0.25) is 5.78 Å². The number of furan rings is 1. The van der Waals surface area contributed by atoms with Gasteiger partial charge in [0.25, 0.3) is 0 Å². The molecule has 0 amide bonds. The molecule has 218 valence electrons. The molecular weight excluding hydrogens is 578 g/mol. The number of para-hydroxylation sites is 3. The van der Waals surface area contributed by atoms with Crippen LogP contribution in [-0.2, 0) is 0 Å². The second-order valence-electron chi connectivity index (χ2n) is 12.1. The van der Waals surface area contributed by atoms with Crippen LogP contribution in [0.1, 0.15) is 0 Å². The molecule has 6 nitrogen and oxygen atoms in total. The van der Waals surface area contributed by atoms with Crippen LogP contribution in [0.3, 0.4) is 0 Å². The molecule has 11 aromatic rings. The molecule has 0 saturated carbocycles. The lowest BCUT2D eigenvalue weighted by atomic mass is 10.00. The third-order valence-electron chi connectivity index (χ3n) is 9.56. The minimum atomic E-state index is 0.800. The highest BCUT2D eigenvalue weighted by atomic mass is 16.3. The van der Waals surface area contributed by atoms with Crippen LogP contribution in [0.2, 0.25) is 0 Å². The summed E-state index contributed by atoms with van der Waals surface area (Å²) in [6, 6.07) is 46.5. The Morgan fingerprint density at radius 2 is 1.19 bits per heavy atom. The van der Waals surface area contributed by atoms with Crippen molar-refractivity contribution in [1.82, 2.24) is 23.9 Å². The molecule has 5 heterocycles. The highest BCUT2D eigenvalue weighted by molar-refractivity contribution is 6.23. The summed E-state index contributed by atoms with van der Waals surface area (Å²) in [5.74, 6) is 1.62. The Labute approximate surface area is 266 Å². The van der Waals surface area contributed by atoms with Gasteiger partial charge in [0.15, 0.2) is 0 Å². The topological polar surface area (TPSA) is 61.2 Å². The molecule has 11 rings (SSSR count). The number of benzene rings is 6. The number of imidazole rings is 2. The van der Waals surface area contributed by atoms with Gasteiger partial charge in [0.1, 0.15) is 17.0 Å². The molecule has 0 bridgehead atoms. The minimum Gasteiger partial charge on any atom is -0.456 e. The van der Waals surface area contributed by atoms with Gasteiger partial charge in [-0.05, 0) is 82.6 Å². The van der Waals surface area contributed by atoms with Crippen molar-refractivity contribution in [3.63, 3.8) is 0 Å². The molecule has 0 aliphatic carbocycles. The lowest BCUT2D eigenvalue weighted by Crippen LogP contribution is -1.99. The molecule has 0 aliphatic rings. The molecule has 0 radical (unpaired) electrons. The van der Waals surface area contributed by atoms with Crippen molar-refractivity contribution in [3.8, 4) is 16.9 Å². The highest BCUT2D eigenvalue weighted by Crippen LogP contribution is 2.37. The fraction of sp³-hybridized carbons (Fsp3) is 0. The van der Waals surface area contributed by atoms with Gasteiger partial charge in [0.05, 0.1) is 33.1 Å². The minimum absolute atomic E-state index is 0.800. The summed E-state index contributed by atoms with van der Waals surface area (Å²) in [5, 5.41) is 6.77. The van der Waals surface area contributed by atoms with Crippen LogP contribution >= 0.6 is 0 Å². The summed E-state index contributed by atoms with van der Waals surface area (Å²) >= 11 is 0. The van der Waals surface area contributed by atoms with Gasteiger partial charge in [-0.1, -0.05) is 72.8 Å². The van der Waals surface area contributed by atoms with E-state index in [1.807, 2.05) is 30.5 Å². The van der Waals surface area contributed by atoms with Gasteiger partial charge >= 0.3 is 0 Å². The van der Waals surface area contributed by atoms with E-state index in [0.717, 1.165) is 88.5 Å². The first-order valence-corrected chi connectivity index (χ1v) is 15.7. The third-order valence-corrected chi connectivity index (χ3v) is 9.56. The van der Waals surface area contributed by atoms with Crippen molar-refractivity contribution in [1.29, 1.82) is 0 Å². The number of aromatic nitrogens is 5. The second-order valence-corrected chi connectivity index (χ2v) is 12.1. The van der Waals surface area contributed by atoms with Gasteiger partial charge in [0, 0.05) is 27.7 Å². The molecule has 0 aliphatic heterocycles. The average Bonchev–Trinajstić information content (AvgIpc) is 3.79. The van der Waals surface area contributed by atoms with Crippen molar-refractivity contribution in [2.45, 2.75) is 0 Å². The first-order valence-electron chi connectivity index (χ1n) is 15.7. The first kappa shape index (κ1) is 24.8. The zero-order valence-corrected chi connectivity index (χ0v) is 24.9. The van der Waals surface area contributed by atoms with Crippen LogP contribution in [0.5, 0.6) is 0 Å². The van der Waals surface area contributed by atoms with Gasteiger partial charge in [-0.2, -0.15) is 0 Å². The van der Waals surface area contributed by atoms with E-state index < -0.39 is 0 Å². The van der Waals surface area contributed by atoms with Crippen LogP contribution in [-0.4, -0.2) is 23.9 Å². The van der Waals surface area contributed by atoms with E-state index >= 15 is 0 Å². The molecule has 0 spiro atoms. The summed E-state index contributed by atoms with van der Waals surface area (Å²) in [6.07, 6.45) is 1.85. The normalized spacial score (nSPS) is 12.3. The lowest BCUT2D eigenvalue weighted by Gasteiger charge is -2.11. The van der Waals surface area contributed by atoms with Crippen LogP contribution in [0.25, 0.3) is 99.3 Å². The highest BCUT2D eigenvalue weighted by Gasteiger charge is 2.20. The molecule has 0 unspecified atom stereocenters. The fourth-order valence-electron chi connectivity index (χ4n) is 7.45. The lowest BCUT2D eigenvalue weighted by molar-refractivity contribution is 0.669. The Bertz CT molecular complexity index is 3060. The Morgan fingerprint density at radius 1 is 0.468 bits per heavy atom. The summed E-state index contributed by atoms with van der Waals surface area (Å²) in [7, 11) is 0. The first-order chi connectivity index (χ1) is 23.3. The van der Waals surface area contributed by atoms with Crippen LogP contribution in [0.15, 0.2) is 144 Å². The Hall–Kier alpha value is -6.53. The largest absolute Gasteiger partial charge is 0.456 e. The molecule has 0 atom stereocenters. The van der Waals surface area contributed by atoms with Gasteiger partial charge in [-0.25, -0.2) is 9.97 Å². The van der Waals surface area contributed by atoms with E-state index in [0.29, 0.717) is 0 Å². The number of nitrogens with zero attached hydrogens (tertiary/aromatic N) is 5. The predicted octanol–water partition coefficient (Wildman–Crippen LogP) is 10.2. The second kappa shape index (κ2) is 9.02. The van der Waals surface area contributed by atoms with Gasteiger partial charge in [-0.3, -0.25) is 14.0 Å². The number of hydrogen-bond donors (Lipinski definition) is 0. The molecular formula is C41H23N5O. The monoisotopic (exact) mass is 601 g/mol. The van der Waals surface area contributed by atoms with Crippen molar-refractivity contribution >= 4 is 82.4 Å². The van der Waals surface area contributed by atoms with E-state index in [-0.39, 0.29) is 0 Å². The SMILES string of the molecule is c1ccc2c(c1)nc1n(-c3ccc4c5ccccc5c5cccnc5c4n3)c3ccc(-c4ccc5oc6ccccc6c5c4)cc3n21. The molecule has 5 aromatic heterocycles. The number of hydrogen-bond acceptors (Lipinski definition) is 4. The number of fused-ring (bicyclic) bond motifs is 14. The number of pyridine rings is 2. The van der Waals surface area contributed by atoms with E-state index in [9.17, 15) is 0 Å². The van der Waals surface area contributed by atoms with Crippen molar-refractivity contribution in [3.05, 3.63) is 140 Å². The molecule has 0 saturated heterocycles. The Kier molecular flexibility index (Phi) is 4.75. The summed E-state index contributed by atoms with van der Waals surface area (Å²) < 4.78 is 10.5. The van der Waals surface area contributed by atoms with Crippen LogP contribution in [0.4, 0.5) is 0 Å². The van der Waals surface area contributed by atoms with Crippen LogP contribution in [0, 0.1) is 0 Å². The predicted molar refractivity (Wildman–Crippen MR) is 190 cm³/mol. The van der Waals surface area contributed by atoms with Crippen molar-refractivity contribution in [2.75, 3.05) is 0 Å². The fourth-order valence-corrected chi connectivity index (χ4v) is 7.45. The summed E-state index contributed by atoms with van der Waals surface area (Å²) in [6.45, 7) is 0. The van der Waals surface area contributed by atoms with Crippen molar-refractivity contribution < 1.29 is 4.42 Å². The molecule has 6 aromatic carbocycles. The zero-order chi connectivity index (χ0) is 30.6. The maximum absolute atomic E-state index is 6.12. The smallest absolute Gasteiger partial charge is 0.221 e. The zero-order valence-electron chi connectivity index (χ0n) is 24.9. The van der Waals surface area contributed by atoms with E-state index in [4.69, 9.17) is 19.4 Å². The molecule has 0 N–H and O–H groups in total.